The molecule has 1 aliphatic rings. The molecule has 2 amide bonds. The summed E-state index contributed by atoms with van der Waals surface area (Å²) < 4.78 is 22.3. The number of nitrogens with zero attached hydrogens (tertiary/aromatic N) is 2. The van der Waals surface area contributed by atoms with Crippen LogP contribution in [0.2, 0.25) is 0 Å². The maximum Gasteiger partial charge on any atom is 0.318 e. The van der Waals surface area contributed by atoms with Crippen molar-refractivity contribution in [3.8, 4) is 17.2 Å². The molecule has 3 N–H and O–H groups in total. The number of methoxy groups -OCH3 is 2. The minimum Gasteiger partial charge on any atom is -0.495 e. The number of anilines is 1. The van der Waals surface area contributed by atoms with Crippen LogP contribution in [0.1, 0.15) is 45.1 Å². The fourth-order valence-electron chi connectivity index (χ4n) is 5.37. The number of rotatable bonds is 9. The highest BCUT2D eigenvalue weighted by molar-refractivity contribution is 5.76. The Kier molecular flexibility index (Phi) is 8.33. The Balaban J connectivity index is 1.45. The van der Waals surface area contributed by atoms with Crippen LogP contribution in [0.5, 0.6) is 17.2 Å². The summed E-state index contributed by atoms with van der Waals surface area (Å²) in [6.45, 7) is 5.42. The molecule has 9 heteroatoms. The lowest BCUT2D eigenvalue weighted by atomic mass is 9.85. The number of aryl methyl sites for hydroxylation is 2. The first-order valence-electron chi connectivity index (χ1n) is 13.6. The van der Waals surface area contributed by atoms with Gasteiger partial charge >= 0.3 is 6.03 Å². The Morgan fingerprint density at radius 2 is 1.85 bits per heavy atom. The molecule has 0 saturated carbocycles. The van der Waals surface area contributed by atoms with Crippen LogP contribution in [-0.2, 0) is 19.4 Å². The van der Waals surface area contributed by atoms with Crippen LogP contribution in [0.4, 0.5) is 10.5 Å². The monoisotopic (exact) mass is 556 g/mol. The van der Waals surface area contributed by atoms with Crippen LogP contribution in [0.15, 0.2) is 65.4 Å². The number of nitrogen functional groups attached to an aromatic ring is 1. The van der Waals surface area contributed by atoms with Gasteiger partial charge < -0.3 is 34.7 Å². The quantitative estimate of drug-likeness (QED) is 0.267. The second kappa shape index (κ2) is 12.2. The lowest BCUT2D eigenvalue weighted by Crippen LogP contribution is -2.46. The standard InChI is InChI=1S/C32H36N4O5/c1-20-5-7-25(21(2)15-20)31-26-18-30(40-13-10-22-6-8-27(33)28(16-22)38-3)29(39-4)17-23(26)9-12-36(31)32(37)34-19-24-11-14-41-35-24/h5-8,11,14-18,31H,9-10,12-13,19,33H2,1-4H3,(H,34,37). The maximum absolute atomic E-state index is 13.6. The van der Waals surface area contributed by atoms with E-state index in [9.17, 15) is 4.79 Å². The van der Waals surface area contributed by atoms with E-state index >= 15 is 0 Å². The summed E-state index contributed by atoms with van der Waals surface area (Å²) in [7, 11) is 3.25. The van der Waals surface area contributed by atoms with E-state index in [0.717, 1.165) is 27.8 Å². The second-order valence-electron chi connectivity index (χ2n) is 10.2. The number of ether oxygens (including phenoxy) is 3. The molecule has 0 spiro atoms. The minimum absolute atomic E-state index is 0.167. The molecule has 1 atom stereocenters. The molecule has 214 valence electrons. The Bertz CT molecular complexity index is 1520. The van der Waals surface area contributed by atoms with Crippen molar-refractivity contribution in [2.24, 2.45) is 0 Å². The number of carbonyl (C=O) groups excluding carboxylic acids is 1. The number of nitrogens with two attached hydrogens (primary N) is 1. The molecule has 0 radical (unpaired) electrons. The number of fused-ring (bicyclic) bond motifs is 1. The van der Waals surface area contributed by atoms with Crippen molar-refractivity contribution in [3.05, 3.63) is 99.9 Å². The Labute approximate surface area is 240 Å². The van der Waals surface area contributed by atoms with Crippen molar-refractivity contribution in [3.63, 3.8) is 0 Å². The lowest BCUT2D eigenvalue weighted by molar-refractivity contribution is 0.179. The minimum atomic E-state index is -0.300. The van der Waals surface area contributed by atoms with E-state index in [-0.39, 0.29) is 18.6 Å². The normalized spacial score (nSPS) is 14.3. The molecular formula is C32H36N4O5. The van der Waals surface area contributed by atoms with Crippen LogP contribution in [-0.4, -0.2) is 43.5 Å². The van der Waals surface area contributed by atoms with Gasteiger partial charge in [-0.05, 0) is 72.4 Å². The molecule has 2 heterocycles. The zero-order valence-corrected chi connectivity index (χ0v) is 23.9. The SMILES string of the molecule is COc1cc(CCOc2cc3c(cc2OC)CCN(C(=O)NCc2ccon2)C3c2ccc(C)cc2C)ccc1N. The molecule has 0 fully saturated rings. The summed E-state index contributed by atoms with van der Waals surface area (Å²) in [5, 5.41) is 6.92. The molecule has 4 aromatic rings. The van der Waals surface area contributed by atoms with E-state index < -0.39 is 0 Å². The van der Waals surface area contributed by atoms with Gasteiger partial charge in [-0.15, -0.1) is 0 Å². The summed E-state index contributed by atoms with van der Waals surface area (Å²) in [6.07, 6.45) is 2.85. The number of amides is 2. The highest BCUT2D eigenvalue weighted by atomic mass is 16.5. The zero-order valence-electron chi connectivity index (χ0n) is 23.9. The third kappa shape index (κ3) is 6.09. The van der Waals surface area contributed by atoms with Crippen LogP contribution < -0.4 is 25.3 Å². The van der Waals surface area contributed by atoms with Crippen molar-refractivity contribution < 1.29 is 23.5 Å². The van der Waals surface area contributed by atoms with Gasteiger partial charge in [0.15, 0.2) is 11.5 Å². The van der Waals surface area contributed by atoms with Gasteiger partial charge in [-0.1, -0.05) is 35.0 Å². The van der Waals surface area contributed by atoms with Gasteiger partial charge in [0, 0.05) is 19.0 Å². The van der Waals surface area contributed by atoms with Crippen molar-refractivity contribution in [1.29, 1.82) is 0 Å². The lowest BCUT2D eigenvalue weighted by Gasteiger charge is -2.38. The average molecular weight is 557 g/mol. The predicted octanol–water partition coefficient (Wildman–Crippen LogP) is 5.37. The largest absolute Gasteiger partial charge is 0.495 e. The molecule has 9 nitrogen and oxygen atoms in total. The van der Waals surface area contributed by atoms with Crippen LogP contribution in [0.25, 0.3) is 0 Å². The van der Waals surface area contributed by atoms with Gasteiger partial charge in [0.05, 0.1) is 39.1 Å². The third-order valence-electron chi connectivity index (χ3n) is 7.49. The van der Waals surface area contributed by atoms with Gasteiger partial charge in [-0.3, -0.25) is 0 Å². The van der Waals surface area contributed by atoms with E-state index in [1.165, 1.54) is 11.8 Å². The summed E-state index contributed by atoms with van der Waals surface area (Å²) in [5.74, 6) is 1.95. The highest BCUT2D eigenvalue weighted by Crippen LogP contribution is 2.42. The van der Waals surface area contributed by atoms with E-state index in [2.05, 4.69) is 42.5 Å². The Morgan fingerprint density at radius 1 is 1.02 bits per heavy atom. The van der Waals surface area contributed by atoms with Crippen LogP contribution in [0.3, 0.4) is 0 Å². The molecule has 5 rings (SSSR count). The number of hydrogen-bond acceptors (Lipinski definition) is 7. The Morgan fingerprint density at radius 3 is 2.59 bits per heavy atom. The number of nitrogens with one attached hydrogen (secondary N) is 1. The average Bonchev–Trinajstić information content (AvgIpc) is 3.50. The number of benzene rings is 3. The number of hydrogen-bond donors (Lipinski definition) is 2. The molecule has 41 heavy (non-hydrogen) atoms. The van der Waals surface area contributed by atoms with Crippen molar-refractivity contribution >= 4 is 11.7 Å². The molecule has 1 aromatic heterocycles. The number of urea groups is 1. The second-order valence-corrected chi connectivity index (χ2v) is 10.2. The van der Waals surface area contributed by atoms with Gasteiger partial charge in [-0.2, -0.15) is 0 Å². The summed E-state index contributed by atoms with van der Waals surface area (Å²) in [5.41, 5.74) is 13.8. The van der Waals surface area contributed by atoms with Gasteiger partial charge in [0.2, 0.25) is 0 Å². The van der Waals surface area contributed by atoms with E-state index in [0.29, 0.717) is 54.6 Å². The van der Waals surface area contributed by atoms with Crippen molar-refractivity contribution in [1.82, 2.24) is 15.4 Å². The molecule has 3 aromatic carbocycles. The van der Waals surface area contributed by atoms with E-state index in [4.69, 9.17) is 24.5 Å². The first-order valence-corrected chi connectivity index (χ1v) is 13.6. The molecule has 1 aliphatic heterocycles. The van der Waals surface area contributed by atoms with Gasteiger partial charge in [-0.25, -0.2) is 4.79 Å². The molecule has 0 aliphatic carbocycles. The number of aromatic nitrogens is 1. The first kappa shape index (κ1) is 27.9. The van der Waals surface area contributed by atoms with Crippen molar-refractivity contribution in [2.75, 3.05) is 33.1 Å². The molecule has 0 saturated heterocycles. The smallest absolute Gasteiger partial charge is 0.318 e. The maximum atomic E-state index is 13.6. The molecule has 1 unspecified atom stereocenters. The zero-order chi connectivity index (χ0) is 28.9. The van der Waals surface area contributed by atoms with E-state index in [1.54, 1.807) is 20.3 Å². The highest BCUT2D eigenvalue weighted by Gasteiger charge is 2.34. The topological polar surface area (TPSA) is 112 Å². The fraction of sp³-hybridized carbons (Fsp3) is 0.312. The Hall–Kier alpha value is -4.66. The first-order chi connectivity index (χ1) is 19.9. The van der Waals surface area contributed by atoms with Crippen LogP contribution in [0, 0.1) is 13.8 Å². The van der Waals surface area contributed by atoms with Crippen LogP contribution >= 0.6 is 0 Å². The van der Waals surface area contributed by atoms with Crippen molar-refractivity contribution in [2.45, 2.75) is 39.3 Å². The van der Waals surface area contributed by atoms with Gasteiger partial charge in [0.1, 0.15) is 17.7 Å². The third-order valence-corrected chi connectivity index (χ3v) is 7.49. The summed E-state index contributed by atoms with van der Waals surface area (Å²) >= 11 is 0. The number of carbonyl (C=O) groups is 1. The molecule has 0 bridgehead atoms. The fourth-order valence-corrected chi connectivity index (χ4v) is 5.37. The molecular weight excluding hydrogens is 520 g/mol. The summed E-state index contributed by atoms with van der Waals surface area (Å²) in [4.78, 5) is 15.4. The summed E-state index contributed by atoms with van der Waals surface area (Å²) in [6, 6.07) is 17.4. The van der Waals surface area contributed by atoms with Gasteiger partial charge in [0.25, 0.3) is 0 Å². The predicted molar refractivity (Wildman–Crippen MR) is 157 cm³/mol. The van der Waals surface area contributed by atoms with E-state index in [1.807, 2.05) is 35.2 Å².